The molecule has 0 saturated heterocycles. The highest BCUT2D eigenvalue weighted by Crippen LogP contribution is 2.10. The van der Waals surface area contributed by atoms with Crippen LogP contribution >= 0.6 is 0 Å². The zero-order valence-corrected chi connectivity index (χ0v) is 7.58. The first kappa shape index (κ1) is 9.97. The van der Waals surface area contributed by atoms with Gasteiger partial charge in [0.1, 0.15) is 0 Å². The average Bonchev–Trinajstić information content (AvgIpc) is 2.01. The molecule has 6 heteroatoms. The molecule has 1 aromatic carbocycles. The van der Waals surface area contributed by atoms with Gasteiger partial charge in [0, 0.05) is 0 Å². The molecule has 0 spiro atoms. The van der Waals surface area contributed by atoms with Gasteiger partial charge in [-0.3, -0.25) is 4.72 Å². The lowest BCUT2D eigenvalue weighted by Crippen LogP contribution is -2.21. The number of aliphatic hydroxyl groups excluding tert-OH is 1. The molecule has 0 aliphatic heterocycles. The van der Waals surface area contributed by atoms with E-state index < -0.39 is 10.2 Å². The molecule has 0 saturated carbocycles. The molecule has 0 amide bonds. The Morgan fingerprint density at radius 3 is 2.69 bits per heavy atom. The van der Waals surface area contributed by atoms with Gasteiger partial charge in [0.05, 0.1) is 12.3 Å². The number of nitrogens with two attached hydrogens (primary N) is 1. The highest BCUT2D eigenvalue weighted by Gasteiger charge is 2.01. The summed E-state index contributed by atoms with van der Waals surface area (Å²) in [6, 6.07) is 6.35. The van der Waals surface area contributed by atoms with Crippen LogP contribution in [-0.4, -0.2) is 13.5 Å². The van der Waals surface area contributed by atoms with E-state index in [1.807, 2.05) is 0 Å². The predicted molar refractivity (Wildman–Crippen MR) is 49.1 cm³/mol. The Balaban J connectivity index is 2.90. The van der Waals surface area contributed by atoms with E-state index in [1.54, 1.807) is 18.2 Å². The first-order chi connectivity index (χ1) is 6.01. The highest BCUT2D eigenvalue weighted by atomic mass is 32.2. The van der Waals surface area contributed by atoms with Crippen LogP contribution in [0.1, 0.15) is 5.56 Å². The van der Waals surface area contributed by atoms with E-state index in [0.29, 0.717) is 11.3 Å². The van der Waals surface area contributed by atoms with Gasteiger partial charge in [-0.2, -0.15) is 8.42 Å². The number of nitrogens with one attached hydrogen (secondary N) is 1. The number of aliphatic hydroxyl groups is 1. The Morgan fingerprint density at radius 2 is 2.15 bits per heavy atom. The van der Waals surface area contributed by atoms with Crippen molar-refractivity contribution in [3.05, 3.63) is 29.8 Å². The third-order valence-electron chi connectivity index (χ3n) is 1.37. The van der Waals surface area contributed by atoms with Crippen LogP contribution in [0.5, 0.6) is 0 Å². The monoisotopic (exact) mass is 202 g/mol. The van der Waals surface area contributed by atoms with E-state index in [1.165, 1.54) is 6.07 Å². The van der Waals surface area contributed by atoms with Crippen molar-refractivity contribution in [2.45, 2.75) is 6.61 Å². The Bertz CT molecular complexity index is 388. The zero-order chi connectivity index (χ0) is 9.90. The largest absolute Gasteiger partial charge is 0.392 e. The molecular weight excluding hydrogens is 192 g/mol. The summed E-state index contributed by atoms with van der Waals surface area (Å²) in [5.74, 6) is 0. The van der Waals surface area contributed by atoms with Crippen molar-refractivity contribution in [2.24, 2.45) is 5.14 Å². The van der Waals surface area contributed by atoms with Crippen LogP contribution in [0.15, 0.2) is 24.3 Å². The second-order valence-electron chi connectivity index (χ2n) is 2.51. The fraction of sp³-hybridized carbons (Fsp3) is 0.143. The van der Waals surface area contributed by atoms with E-state index in [2.05, 4.69) is 4.72 Å². The molecule has 0 aromatic heterocycles. The van der Waals surface area contributed by atoms with Gasteiger partial charge in [0.15, 0.2) is 0 Å². The molecule has 0 fully saturated rings. The van der Waals surface area contributed by atoms with Crippen LogP contribution in [0.3, 0.4) is 0 Å². The molecule has 0 aliphatic rings. The molecule has 0 radical (unpaired) electrons. The van der Waals surface area contributed by atoms with Crippen molar-refractivity contribution in [3.8, 4) is 0 Å². The minimum atomic E-state index is -3.73. The Kier molecular flexibility index (Phi) is 2.86. The summed E-state index contributed by atoms with van der Waals surface area (Å²) in [6.45, 7) is -0.139. The molecule has 0 aliphatic carbocycles. The molecule has 72 valence electrons. The number of rotatable bonds is 3. The minimum absolute atomic E-state index is 0.139. The Hall–Kier alpha value is -1.11. The van der Waals surface area contributed by atoms with Gasteiger partial charge in [-0.1, -0.05) is 12.1 Å². The first-order valence-electron chi connectivity index (χ1n) is 3.51. The highest BCUT2D eigenvalue weighted by molar-refractivity contribution is 7.90. The Labute approximate surface area is 76.4 Å². The summed E-state index contributed by atoms with van der Waals surface area (Å²) >= 11 is 0. The molecule has 4 N–H and O–H groups in total. The van der Waals surface area contributed by atoms with Crippen molar-refractivity contribution < 1.29 is 13.5 Å². The normalized spacial score (nSPS) is 11.2. The standard InChI is InChI=1S/C7H10N2O3S/c8-13(11,12)9-7-3-1-2-6(4-7)5-10/h1-4,9-10H,5H2,(H2,8,11,12). The van der Waals surface area contributed by atoms with Gasteiger partial charge in [-0.15, -0.1) is 0 Å². The first-order valence-corrected chi connectivity index (χ1v) is 5.06. The second-order valence-corrected chi connectivity index (χ2v) is 3.80. The molecule has 0 unspecified atom stereocenters. The van der Waals surface area contributed by atoms with E-state index in [9.17, 15) is 8.42 Å². The maximum atomic E-state index is 10.6. The number of hydrogen-bond acceptors (Lipinski definition) is 3. The second kappa shape index (κ2) is 3.73. The van der Waals surface area contributed by atoms with Gasteiger partial charge in [-0.05, 0) is 17.7 Å². The van der Waals surface area contributed by atoms with E-state index in [0.717, 1.165) is 0 Å². The van der Waals surface area contributed by atoms with E-state index in [-0.39, 0.29) is 6.61 Å². The Morgan fingerprint density at radius 1 is 1.46 bits per heavy atom. The van der Waals surface area contributed by atoms with Crippen molar-refractivity contribution in [3.63, 3.8) is 0 Å². The summed E-state index contributed by atoms with van der Waals surface area (Å²) in [7, 11) is -3.73. The molecular formula is C7H10N2O3S. The molecule has 5 nitrogen and oxygen atoms in total. The number of hydrogen-bond donors (Lipinski definition) is 3. The van der Waals surface area contributed by atoms with Crippen LogP contribution in [0, 0.1) is 0 Å². The summed E-state index contributed by atoms with van der Waals surface area (Å²) in [5, 5.41) is 13.5. The number of anilines is 1. The van der Waals surface area contributed by atoms with Crippen molar-refractivity contribution in [1.82, 2.24) is 0 Å². The van der Waals surface area contributed by atoms with Crippen molar-refractivity contribution in [2.75, 3.05) is 4.72 Å². The smallest absolute Gasteiger partial charge is 0.296 e. The molecule has 1 rings (SSSR count). The maximum absolute atomic E-state index is 10.6. The van der Waals surface area contributed by atoms with Gasteiger partial charge in [-0.25, -0.2) is 5.14 Å². The summed E-state index contributed by atoms with van der Waals surface area (Å²) in [5.41, 5.74) is 0.961. The van der Waals surface area contributed by atoms with Crippen LogP contribution in [0.25, 0.3) is 0 Å². The third kappa shape index (κ3) is 3.41. The van der Waals surface area contributed by atoms with Crippen LogP contribution in [0.4, 0.5) is 5.69 Å². The lowest BCUT2D eigenvalue weighted by Gasteiger charge is -2.04. The summed E-state index contributed by atoms with van der Waals surface area (Å²) in [4.78, 5) is 0. The predicted octanol–water partition coefficient (Wildman–Crippen LogP) is -0.206. The molecule has 13 heavy (non-hydrogen) atoms. The van der Waals surface area contributed by atoms with E-state index in [4.69, 9.17) is 10.2 Å². The molecule has 0 bridgehead atoms. The van der Waals surface area contributed by atoms with E-state index >= 15 is 0 Å². The summed E-state index contributed by atoms with van der Waals surface area (Å²) < 4.78 is 23.3. The van der Waals surface area contributed by atoms with Gasteiger partial charge >= 0.3 is 0 Å². The zero-order valence-electron chi connectivity index (χ0n) is 6.77. The fourth-order valence-corrected chi connectivity index (χ4v) is 1.35. The van der Waals surface area contributed by atoms with Crippen molar-refractivity contribution in [1.29, 1.82) is 0 Å². The van der Waals surface area contributed by atoms with Crippen LogP contribution < -0.4 is 9.86 Å². The van der Waals surface area contributed by atoms with Crippen LogP contribution in [-0.2, 0) is 16.8 Å². The number of benzene rings is 1. The average molecular weight is 202 g/mol. The van der Waals surface area contributed by atoms with Crippen LogP contribution in [0.2, 0.25) is 0 Å². The third-order valence-corrected chi connectivity index (χ3v) is 1.89. The lowest BCUT2D eigenvalue weighted by atomic mass is 10.2. The SMILES string of the molecule is NS(=O)(=O)Nc1cccc(CO)c1. The van der Waals surface area contributed by atoms with Gasteiger partial charge < -0.3 is 5.11 Å². The molecule has 0 atom stereocenters. The molecule has 0 heterocycles. The van der Waals surface area contributed by atoms with Gasteiger partial charge in [0.25, 0.3) is 10.2 Å². The quantitative estimate of drug-likeness (QED) is 0.633. The maximum Gasteiger partial charge on any atom is 0.296 e. The minimum Gasteiger partial charge on any atom is -0.392 e. The fourth-order valence-electron chi connectivity index (χ4n) is 0.897. The lowest BCUT2D eigenvalue weighted by molar-refractivity contribution is 0.282. The molecule has 1 aromatic rings. The summed E-state index contributed by atoms with van der Waals surface area (Å²) in [6.07, 6.45) is 0. The van der Waals surface area contributed by atoms with Gasteiger partial charge in [0.2, 0.25) is 0 Å². The topological polar surface area (TPSA) is 92.4 Å². The van der Waals surface area contributed by atoms with Crippen molar-refractivity contribution >= 4 is 15.9 Å².